The summed E-state index contributed by atoms with van der Waals surface area (Å²) in [6, 6.07) is 5.68. The highest BCUT2D eigenvalue weighted by molar-refractivity contribution is 6.35. The summed E-state index contributed by atoms with van der Waals surface area (Å²) < 4.78 is 5.22. The van der Waals surface area contributed by atoms with E-state index in [0.717, 1.165) is 18.4 Å². The lowest BCUT2D eigenvalue weighted by Gasteiger charge is -2.15. The van der Waals surface area contributed by atoms with Crippen LogP contribution in [0.1, 0.15) is 18.4 Å². The Morgan fingerprint density at radius 3 is 2.40 bits per heavy atom. The van der Waals surface area contributed by atoms with Crippen LogP contribution in [0.3, 0.4) is 0 Å². The van der Waals surface area contributed by atoms with Crippen LogP contribution >= 0.6 is 23.2 Å². The van der Waals surface area contributed by atoms with Crippen LogP contribution in [0.25, 0.3) is 0 Å². The quantitative estimate of drug-likeness (QED) is 0.794. The fourth-order valence-corrected chi connectivity index (χ4v) is 2.29. The van der Waals surface area contributed by atoms with Crippen molar-refractivity contribution in [2.75, 3.05) is 7.11 Å². The van der Waals surface area contributed by atoms with Gasteiger partial charge in [0.05, 0.1) is 23.6 Å². The van der Waals surface area contributed by atoms with E-state index in [-0.39, 0.29) is 0 Å². The Kier molecular flexibility index (Phi) is 2.54. The summed E-state index contributed by atoms with van der Waals surface area (Å²) in [4.78, 5) is 0. The molecule has 15 heavy (non-hydrogen) atoms. The van der Waals surface area contributed by atoms with E-state index in [0.29, 0.717) is 15.8 Å². The molecule has 0 unspecified atom stereocenters. The molecule has 0 spiro atoms. The van der Waals surface area contributed by atoms with Crippen molar-refractivity contribution in [3.63, 3.8) is 0 Å². The molecule has 0 bridgehead atoms. The predicted molar refractivity (Wildman–Crippen MR) is 59.5 cm³/mol. The Bertz CT molecular complexity index is 447. The van der Waals surface area contributed by atoms with Crippen molar-refractivity contribution in [1.29, 1.82) is 5.26 Å². The van der Waals surface area contributed by atoms with E-state index in [1.807, 2.05) is 0 Å². The van der Waals surface area contributed by atoms with Crippen LogP contribution in [-0.4, -0.2) is 7.11 Å². The van der Waals surface area contributed by atoms with Gasteiger partial charge < -0.3 is 4.74 Å². The molecule has 1 aromatic rings. The first-order chi connectivity index (χ1) is 7.14. The lowest BCUT2D eigenvalue weighted by Crippen LogP contribution is -2.06. The number of ether oxygens (including phenoxy) is 1. The predicted octanol–water partition coefficient (Wildman–Crippen LogP) is 3.56. The fourth-order valence-electron chi connectivity index (χ4n) is 1.72. The molecule has 2 nitrogen and oxygen atoms in total. The highest BCUT2D eigenvalue weighted by atomic mass is 35.5. The van der Waals surface area contributed by atoms with Crippen molar-refractivity contribution in [1.82, 2.24) is 0 Å². The van der Waals surface area contributed by atoms with Gasteiger partial charge in [-0.2, -0.15) is 5.26 Å². The van der Waals surface area contributed by atoms with Crippen molar-refractivity contribution >= 4 is 23.2 Å². The van der Waals surface area contributed by atoms with Gasteiger partial charge in [-0.1, -0.05) is 23.2 Å². The minimum Gasteiger partial charge on any atom is -0.495 e. The summed E-state index contributed by atoms with van der Waals surface area (Å²) in [5.41, 5.74) is 0.259. The number of nitrogens with zero attached hydrogens (tertiary/aromatic N) is 1. The summed E-state index contributed by atoms with van der Waals surface area (Å²) in [7, 11) is 1.54. The third-order valence-corrected chi connectivity index (χ3v) is 3.32. The van der Waals surface area contributed by atoms with Gasteiger partial charge in [-0.05, 0) is 25.0 Å². The fraction of sp³-hybridized carbons (Fsp3) is 0.364. The number of halogens is 2. The zero-order valence-electron chi connectivity index (χ0n) is 8.18. The zero-order chi connectivity index (χ0) is 11.1. The van der Waals surface area contributed by atoms with E-state index < -0.39 is 5.41 Å². The zero-order valence-corrected chi connectivity index (χ0v) is 9.69. The average Bonchev–Trinajstić information content (AvgIpc) is 3.01. The molecule has 0 heterocycles. The number of benzene rings is 1. The third-order valence-electron chi connectivity index (χ3n) is 2.71. The molecular formula is C11H9Cl2NO. The number of nitriles is 1. The Balaban J connectivity index is 2.64. The molecule has 0 atom stereocenters. The molecule has 2 rings (SSSR count). The second-order valence-corrected chi connectivity index (χ2v) is 4.45. The maximum atomic E-state index is 9.14. The van der Waals surface area contributed by atoms with Gasteiger partial charge in [-0.15, -0.1) is 0 Å². The van der Waals surface area contributed by atoms with Crippen molar-refractivity contribution in [3.8, 4) is 11.8 Å². The molecule has 1 fully saturated rings. The van der Waals surface area contributed by atoms with Crippen LogP contribution < -0.4 is 4.74 Å². The van der Waals surface area contributed by atoms with E-state index in [1.165, 1.54) is 7.11 Å². The molecule has 1 aromatic carbocycles. The second-order valence-electron chi connectivity index (χ2n) is 3.63. The highest BCUT2D eigenvalue weighted by Gasteiger charge is 2.48. The molecule has 1 saturated carbocycles. The van der Waals surface area contributed by atoms with Crippen LogP contribution in [0.4, 0.5) is 0 Å². The molecular weight excluding hydrogens is 233 g/mol. The first-order valence-corrected chi connectivity index (χ1v) is 5.34. The third kappa shape index (κ3) is 1.56. The first-order valence-electron chi connectivity index (χ1n) is 4.58. The number of methoxy groups -OCH3 is 1. The van der Waals surface area contributed by atoms with Gasteiger partial charge in [0.25, 0.3) is 0 Å². The average molecular weight is 242 g/mol. The first kappa shape index (κ1) is 10.6. The lowest BCUT2D eigenvalue weighted by molar-refractivity contribution is 0.408. The van der Waals surface area contributed by atoms with E-state index in [1.54, 1.807) is 12.1 Å². The molecule has 0 saturated heterocycles. The van der Waals surface area contributed by atoms with Gasteiger partial charge in [0.15, 0.2) is 0 Å². The maximum absolute atomic E-state index is 9.14. The van der Waals surface area contributed by atoms with Gasteiger partial charge >= 0.3 is 0 Å². The SMILES string of the molecule is COc1c(Cl)ccc(Cl)c1C1(C#N)CC1. The molecule has 0 aliphatic heterocycles. The maximum Gasteiger partial charge on any atom is 0.143 e. The molecule has 0 amide bonds. The monoisotopic (exact) mass is 241 g/mol. The molecule has 0 aromatic heterocycles. The Morgan fingerprint density at radius 1 is 1.33 bits per heavy atom. The van der Waals surface area contributed by atoms with Crippen molar-refractivity contribution in [3.05, 3.63) is 27.7 Å². The summed E-state index contributed by atoms with van der Waals surface area (Å²) >= 11 is 12.1. The minimum absolute atomic E-state index is 0.479. The van der Waals surface area contributed by atoms with Crippen LogP contribution in [0, 0.1) is 11.3 Å². The smallest absolute Gasteiger partial charge is 0.143 e. The van der Waals surface area contributed by atoms with Crippen LogP contribution in [0.5, 0.6) is 5.75 Å². The molecule has 1 aliphatic rings. The normalized spacial score (nSPS) is 16.9. The summed E-state index contributed by atoms with van der Waals surface area (Å²) in [5, 5.41) is 10.2. The molecule has 0 radical (unpaired) electrons. The Labute approximate surface area is 98.4 Å². The van der Waals surface area contributed by atoms with Gasteiger partial charge in [-0.25, -0.2) is 0 Å². The summed E-state index contributed by atoms with van der Waals surface area (Å²) in [5.74, 6) is 0.531. The van der Waals surface area contributed by atoms with Crippen molar-refractivity contribution < 1.29 is 4.74 Å². The van der Waals surface area contributed by atoms with Gasteiger partial charge in [-0.3, -0.25) is 0 Å². The van der Waals surface area contributed by atoms with Gasteiger partial charge in [0.2, 0.25) is 0 Å². The summed E-state index contributed by atoms with van der Waals surface area (Å²) in [6.07, 6.45) is 1.64. The van der Waals surface area contributed by atoms with E-state index in [9.17, 15) is 0 Å². The van der Waals surface area contributed by atoms with Gasteiger partial charge in [0.1, 0.15) is 5.75 Å². The number of hydrogen-bond acceptors (Lipinski definition) is 2. The largest absolute Gasteiger partial charge is 0.495 e. The highest BCUT2D eigenvalue weighted by Crippen LogP contribution is 2.54. The minimum atomic E-state index is -0.479. The van der Waals surface area contributed by atoms with Crippen LogP contribution in [-0.2, 0) is 5.41 Å². The number of hydrogen-bond donors (Lipinski definition) is 0. The topological polar surface area (TPSA) is 33.0 Å². The van der Waals surface area contributed by atoms with Gasteiger partial charge in [0, 0.05) is 10.6 Å². The lowest BCUT2D eigenvalue weighted by atomic mass is 9.96. The van der Waals surface area contributed by atoms with Crippen LogP contribution in [0.15, 0.2) is 12.1 Å². The second kappa shape index (κ2) is 3.59. The molecule has 1 aliphatic carbocycles. The molecule has 0 N–H and O–H groups in total. The van der Waals surface area contributed by atoms with E-state index >= 15 is 0 Å². The molecule has 4 heteroatoms. The van der Waals surface area contributed by atoms with Crippen LogP contribution in [0.2, 0.25) is 10.0 Å². The van der Waals surface area contributed by atoms with E-state index in [4.69, 9.17) is 33.2 Å². The molecule has 78 valence electrons. The summed E-state index contributed by atoms with van der Waals surface area (Å²) in [6.45, 7) is 0. The van der Waals surface area contributed by atoms with Crippen molar-refractivity contribution in [2.45, 2.75) is 18.3 Å². The van der Waals surface area contributed by atoms with E-state index in [2.05, 4.69) is 6.07 Å². The Morgan fingerprint density at radius 2 is 1.93 bits per heavy atom. The number of rotatable bonds is 2. The van der Waals surface area contributed by atoms with Crippen molar-refractivity contribution in [2.24, 2.45) is 0 Å². The standard InChI is InChI=1S/C11H9Cl2NO/c1-15-10-8(13)3-2-7(12)9(10)11(6-14)4-5-11/h2-3H,4-5H2,1H3. The Hall–Kier alpha value is -0.910.